The van der Waals surface area contributed by atoms with E-state index in [1.54, 1.807) is 6.07 Å². The molecule has 21 heavy (non-hydrogen) atoms. The van der Waals surface area contributed by atoms with Crippen LogP contribution in [-0.4, -0.2) is 62.0 Å². The van der Waals surface area contributed by atoms with Crippen molar-refractivity contribution in [1.29, 1.82) is 0 Å². The van der Waals surface area contributed by atoms with Gasteiger partial charge in [-0.15, -0.1) is 0 Å². The lowest BCUT2D eigenvalue weighted by atomic mass is 10.1. The Kier molecular flexibility index (Phi) is 5.56. The van der Waals surface area contributed by atoms with Crippen LogP contribution in [0.5, 0.6) is 0 Å². The topological polar surface area (TPSA) is 35.6 Å². The van der Waals surface area contributed by atoms with E-state index in [4.69, 9.17) is 11.6 Å². The van der Waals surface area contributed by atoms with Crippen molar-refractivity contribution in [2.45, 2.75) is 12.5 Å². The summed E-state index contributed by atoms with van der Waals surface area (Å²) in [5.74, 6) is -0.485. The van der Waals surface area contributed by atoms with Crippen molar-refractivity contribution in [2.75, 3.05) is 40.3 Å². The number of amides is 1. The molecule has 2 rings (SSSR count). The van der Waals surface area contributed by atoms with Crippen LogP contribution in [0.4, 0.5) is 4.39 Å². The fourth-order valence-electron chi connectivity index (χ4n) is 2.45. The molecule has 116 valence electrons. The molecule has 1 aromatic carbocycles. The van der Waals surface area contributed by atoms with Crippen molar-refractivity contribution >= 4 is 17.5 Å². The molecule has 0 aromatic heterocycles. The molecule has 0 saturated carbocycles. The monoisotopic (exact) mass is 313 g/mol. The van der Waals surface area contributed by atoms with E-state index in [1.165, 1.54) is 12.1 Å². The maximum Gasteiger partial charge on any atom is 0.224 e. The minimum Gasteiger partial charge on any atom is -0.354 e. The van der Waals surface area contributed by atoms with E-state index < -0.39 is 5.82 Å². The zero-order valence-electron chi connectivity index (χ0n) is 12.4. The van der Waals surface area contributed by atoms with Gasteiger partial charge in [0.25, 0.3) is 0 Å². The molecule has 4 nitrogen and oxygen atoms in total. The maximum atomic E-state index is 13.0. The number of benzene rings is 1. The number of hydrogen-bond donors (Lipinski definition) is 1. The smallest absolute Gasteiger partial charge is 0.224 e. The molecule has 0 aliphatic carbocycles. The molecule has 0 unspecified atom stereocenters. The lowest BCUT2D eigenvalue weighted by molar-refractivity contribution is -0.120. The summed E-state index contributed by atoms with van der Waals surface area (Å²) in [6.07, 6.45) is 0.172. The Hall–Kier alpha value is -1.17. The summed E-state index contributed by atoms with van der Waals surface area (Å²) >= 11 is 5.93. The minimum absolute atomic E-state index is 0.0925. The number of carbonyl (C=O) groups excluding carboxylic acids is 1. The summed E-state index contributed by atoms with van der Waals surface area (Å²) in [5, 5.41) is 3.23. The molecule has 1 fully saturated rings. The minimum atomic E-state index is -0.393. The first kappa shape index (κ1) is 16.2. The van der Waals surface area contributed by atoms with Gasteiger partial charge >= 0.3 is 0 Å². The molecule has 1 heterocycles. The van der Waals surface area contributed by atoms with E-state index in [-0.39, 0.29) is 12.3 Å². The van der Waals surface area contributed by atoms with Crippen LogP contribution in [0.25, 0.3) is 0 Å². The van der Waals surface area contributed by atoms with Crippen LogP contribution in [0, 0.1) is 5.82 Å². The van der Waals surface area contributed by atoms with Gasteiger partial charge in [0.2, 0.25) is 5.91 Å². The number of rotatable bonds is 4. The van der Waals surface area contributed by atoms with Crippen molar-refractivity contribution in [3.05, 3.63) is 34.6 Å². The molecule has 1 N–H and O–H groups in total. The van der Waals surface area contributed by atoms with E-state index >= 15 is 0 Å². The van der Waals surface area contributed by atoms with Crippen molar-refractivity contribution in [2.24, 2.45) is 0 Å². The molecule has 0 radical (unpaired) electrons. The van der Waals surface area contributed by atoms with Gasteiger partial charge in [0, 0.05) is 37.2 Å². The Morgan fingerprint density at radius 3 is 2.90 bits per heavy atom. The molecule has 1 aliphatic rings. The number of nitrogens with one attached hydrogen (secondary N) is 1. The van der Waals surface area contributed by atoms with Gasteiger partial charge in [0.1, 0.15) is 5.82 Å². The first-order chi connectivity index (χ1) is 9.95. The average molecular weight is 314 g/mol. The Balaban J connectivity index is 1.84. The van der Waals surface area contributed by atoms with E-state index in [0.717, 1.165) is 19.6 Å². The third-order valence-corrected chi connectivity index (χ3v) is 4.23. The quantitative estimate of drug-likeness (QED) is 0.912. The van der Waals surface area contributed by atoms with Crippen LogP contribution < -0.4 is 5.32 Å². The van der Waals surface area contributed by atoms with Gasteiger partial charge in [-0.05, 0) is 31.8 Å². The number of carbonyl (C=O) groups is 1. The highest BCUT2D eigenvalue weighted by Gasteiger charge is 2.22. The molecule has 0 bridgehead atoms. The third kappa shape index (κ3) is 4.66. The summed E-state index contributed by atoms with van der Waals surface area (Å²) in [6.45, 7) is 3.60. The molecule has 1 saturated heterocycles. The molecule has 1 aromatic rings. The van der Waals surface area contributed by atoms with E-state index in [0.29, 0.717) is 23.2 Å². The Morgan fingerprint density at radius 2 is 2.19 bits per heavy atom. The van der Waals surface area contributed by atoms with Crippen molar-refractivity contribution in [3.8, 4) is 0 Å². The normalized spacial score (nSPS) is 20.5. The van der Waals surface area contributed by atoms with Gasteiger partial charge in [0.05, 0.1) is 6.42 Å². The SMILES string of the molecule is CN1CCN(C)[C@@H](CNC(=O)Cc2ccc(F)cc2Cl)C1. The highest BCUT2D eigenvalue weighted by atomic mass is 35.5. The highest BCUT2D eigenvalue weighted by Crippen LogP contribution is 2.17. The van der Waals surface area contributed by atoms with Crippen molar-refractivity contribution in [1.82, 2.24) is 15.1 Å². The molecule has 1 aliphatic heterocycles. The van der Waals surface area contributed by atoms with Gasteiger partial charge in [0.15, 0.2) is 0 Å². The molecular weight excluding hydrogens is 293 g/mol. The zero-order chi connectivity index (χ0) is 15.4. The van der Waals surface area contributed by atoms with Gasteiger partial charge < -0.3 is 10.2 Å². The Bertz CT molecular complexity index is 512. The maximum absolute atomic E-state index is 13.0. The fraction of sp³-hybridized carbons (Fsp3) is 0.533. The number of hydrogen-bond acceptors (Lipinski definition) is 3. The van der Waals surface area contributed by atoms with Crippen LogP contribution >= 0.6 is 11.6 Å². The predicted molar refractivity (Wildman–Crippen MR) is 82.0 cm³/mol. The second-order valence-electron chi connectivity index (χ2n) is 5.61. The van der Waals surface area contributed by atoms with Gasteiger partial charge in [-0.25, -0.2) is 4.39 Å². The molecule has 6 heteroatoms. The first-order valence-electron chi connectivity index (χ1n) is 7.05. The number of halogens is 2. The second kappa shape index (κ2) is 7.20. The third-order valence-electron chi connectivity index (χ3n) is 3.88. The van der Waals surface area contributed by atoms with Gasteiger partial charge in [-0.3, -0.25) is 9.69 Å². The number of nitrogens with zero attached hydrogens (tertiary/aromatic N) is 2. The summed E-state index contributed by atoms with van der Waals surface area (Å²) < 4.78 is 13.0. The van der Waals surface area contributed by atoms with Crippen LogP contribution in [0.2, 0.25) is 5.02 Å². The Labute approximate surface area is 129 Å². The van der Waals surface area contributed by atoms with Crippen molar-refractivity contribution < 1.29 is 9.18 Å². The summed E-state index contributed by atoms with van der Waals surface area (Å²) in [6, 6.07) is 4.42. The van der Waals surface area contributed by atoms with Crippen LogP contribution in [0.3, 0.4) is 0 Å². The summed E-state index contributed by atoms with van der Waals surface area (Å²) in [7, 11) is 4.15. The molecule has 0 spiro atoms. The van der Waals surface area contributed by atoms with Crippen LogP contribution in [0.1, 0.15) is 5.56 Å². The highest BCUT2D eigenvalue weighted by molar-refractivity contribution is 6.31. The number of piperazine rings is 1. The zero-order valence-corrected chi connectivity index (χ0v) is 13.2. The van der Waals surface area contributed by atoms with Crippen molar-refractivity contribution in [3.63, 3.8) is 0 Å². The van der Waals surface area contributed by atoms with Gasteiger partial charge in [-0.2, -0.15) is 0 Å². The molecular formula is C15H21ClFN3O. The summed E-state index contributed by atoms with van der Waals surface area (Å²) in [4.78, 5) is 16.5. The van der Waals surface area contributed by atoms with Gasteiger partial charge in [-0.1, -0.05) is 17.7 Å². The lowest BCUT2D eigenvalue weighted by Crippen LogP contribution is -2.54. The lowest BCUT2D eigenvalue weighted by Gasteiger charge is -2.37. The standard InChI is InChI=1S/C15H21ClFN3O/c1-19-5-6-20(2)13(10-19)9-18-15(21)7-11-3-4-12(17)8-14(11)16/h3-4,8,13H,5-7,9-10H2,1-2H3,(H,18,21)/t13-/m0/s1. The molecule has 1 amide bonds. The second-order valence-corrected chi connectivity index (χ2v) is 6.02. The number of likely N-dealkylation sites (N-methyl/N-ethyl adjacent to an activating group) is 2. The van der Waals surface area contributed by atoms with E-state index in [9.17, 15) is 9.18 Å². The summed E-state index contributed by atoms with van der Waals surface area (Å²) in [5.41, 5.74) is 0.643. The average Bonchev–Trinajstić information content (AvgIpc) is 2.43. The van der Waals surface area contributed by atoms with Crippen LogP contribution in [-0.2, 0) is 11.2 Å². The van der Waals surface area contributed by atoms with E-state index in [2.05, 4.69) is 29.2 Å². The largest absolute Gasteiger partial charge is 0.354 e. The van der Waals surface area contributed by atoms with E-state index in [1.807, 2.05) is 0 Å². The fourth-order valence-corrected chi connectivity index (χ4v) is 2.69. The first-order valence-corrected chi connectivity index (χ1v) is 7.43. The predicted octanol–water partition coefficient (Wildman–Crippen LogP) is 1.38. The molecule has 1 atom stereocenters. The van der Waals surface area contributed by atoms with Crippen LogP contribution in [0.15, 0.2) is 18.2 Å². The Morgan fingerprint density at radius 1 is 1.43 bits per heavy atom.